The number of anilines is 1. The molecule has 0 unspecified atom stereocenters. The molecule has 0 radical (unpaired) electrons. The summed E-state index contributed by atoms with van der Waals surface area (Å²) in [6.45, 7) is 8.51. The smallest absolute Gasteiger partial charge is 0.302 e. The van der Waals surface area contributed by atoms with Crippen molar-refractivity contribution in [1.82, 2.24) is 0 Å². The minimum atomic E-state index is -0.294. The number of benzene rings is 1. The average molecular weight is 253 g/mol. The van der Waals surface area contributed by atoms with Crippen molar-refractivity contribution in [2.24, 2.45) is 0 Å². The van der Waals surface area contributed by atoms with Crippen molar-refractivity contribution in [1.29, 1.82) is 0 Å². The van der Waals surface area contributed by atoms with E-state index in [-0.39, 0.29) is 12.6 Å². The van der Waals surface area contributed by atoms with E-state index in [1.165, 1.54) is 6.92 Å². The van der Waals surface area contributed by atoms with Crippen molar-refractivity contribution >= 4 is 11.7 Å². The van der Waals surface area contributed by atoms with Crippen LogP contribution >= 0.6 is 0 Å². The summed E-state index contributed by atoms with van der Waals surface area (Å²) in [5, 5.41) is 3.19. The molecular formula is C14H23NO3. The number of carbonyl (C=O) groups excluding carboxylic acids is 1. The van der Waals surface area contributed by atoms with Crippen LogP contribution in [-0.4, -0.2) is 19.6 Å². The summed E-state index contributed by atoms with van der Waals surface area (Å²) >= 11 is 0. The Balaban J connectivity index is 0.00000137. The van der Waals surface area contributed by atoms with Gasteiger partial charge in [0.2, 0.25) is 0 Å². The molecule has 0 saturated carbocycles. The van der Waals surface area contributed by atoms with Crippen LogP contribution in [0.5, 0.6) is 5.75 Å². The van der Waals surface area contributed by atoms with Gasteiger partial charge in [-0.3, -0.25) is 4.79 Å². The molecule has 1 aromatic carbocycles. The third kappa shape index (κ3) is 5.57. The van der Waals surface area contributed by atoms with Crippen LogP contribution in [0.2, 0.25) is 0 Å². The molecule has 0 aliphatic carbocycles. The lowest BCUT2D eigenvalue weighted by molar-refractivity contribution is -0.142. The van der Waals surface area contributed by atoms with Crippen LogP contribution in [0.4, 0.5) is 5.69 Å². The molecule has 18 heavy (non-hydrogen) atoms. The molecule has 4 heteroatoms. The second-order valence-electron chi connectivity index (χ2n) is 3.34. The quantitative estimate of drug-likeness (QED) is 0.818. The standard InChI is InChI=1S/C12H17NO3.C2H6/c1-4-13-11-6-5-10(8-16-9(2)14)12(7-11)15-3;1-2/h5-7,13H,4,8H2,1-3H3;1-2H3. The van der Waals surface area contributed by atoms with Gasteiger partial charge in [0.05, 0.1) is 7.11 Å². The van der Waals surface area contributed by atoms with Crippen molar-refractivity contribution in [3.05, 3.63) is 23.8 Å². The highest BCUT2D eigenvalue weighted by Gasteiger charge is 2.05. The predicted octanol–water partition coefficient (Wildman–Crippen LogP) is 3.22. The van der Waals surface area contributed by atoms with Gasteiger partial charge in [-0.05, 0) is 19.1 Å². The van der Waals surface area contributed by atoms with Crippen molar-refractivity contribution in [2.45, 2.75) is 34.3 Å². The number of esters is 1. The fourth-order valence-corrected chi connectivity index (χ4v) is 1.36. The van der Waals surface area contributed by atoms with Gasteiger partial charge in [-0.2, -0.15) is 0 Å². The Hall–Kier alpha value is -1.71. The van der Waals surface area contributed by atoms with Crippen LogP contribution in [-0.2, 0) is 16.1 Å². The first-order valence-corrected chi connectivity index (χ1v) is 6.21. The maximum Gasteiger partial charge on any atom is 0.302 e. The Kier molecular flexibility index (Phi) is 8.45. The van der Waals surface area contributed by atoms with Crippen LogP contribution < -0.4 is 10.1 Å². The Labute approximate surface area is 109 Å². The number of hydrogen-bond donors (Lipinski definition) is 1. The van der Waals surface area contributed by atoms with Crippen molar-refractivity contribution in [3.8, 4) is 5.75 Å². The first-order valence-electron chi connectivity index (χ1n) is 6.21. The molecule has 0 saturated heterocycles. The van der Waals surface area contributed by atoms with Gasteiger partial charge in [-0.1, -0.05) is 13.8 Å². The normalized spacial score (nSPS) is 8.94. The SMILES string of the molecule is CC.CCNc1ccc(COC(C)=O)c(OC)c1. The predicted molar refractivity (Wildman–Crippen MR) is 74.0 cm³/mol. The largest absolute Gasteiger partial charge is 0.496 e. The van der Waals surface area contributed by atoms with Crippen LogP contribution in [0.15, 0.2) is 18.2 Å². The zero-order valence-corrected chi connectivity index (χ0v) is 11.9. The molecule has 1 rings (SSSR count). The zero-order chi connectivity index (χ0) is 14.0. The summed E-state index contributed by atoms with van der Waals surface area (Å²) in [6.07, 6.45) is 0. The monoisotopic (exact) mass is 253 g/mol. The van der Waals surface area contributed by atoms with E-state index in [2.05, 4.69) is 5.32 Å². The van der Waals surface area contributed by atoms with Crippen LogP contribution in [0.3, 0.4) is 0 Å². The first-order chi connectivity index (χ1) is 8.67. The third-order valence-electron chi connectivity index (χ3n) is 2.10. The molecule has 0 aromatic heterocycles. The molecule has 0 fully saturated rings. The molecule has 0 aliphatic rings. The molecule has 0 atom stereocenters. The summed E-state index contributed by atoms with van der Waals surface area (Å²) in [6, 6.07) is 5.72. The zero-order valence-electron chi connectivity index (χ0n) is 11.9. The molecule has 0 spiro atoms. The molecule has 0 bridgehead atoms. The molecule has 0 amide bonds. The summed E-state index contributed by atoms with van der Waals surface area (Å²) in [7, 11) is 1.60. The second kappa shape index (κ2) is 9.33. The minimum absolute atomic E-state index is 0.241. The number of methoxy groups -OCH3 is 1. The van der Waals surface area contributed by atoms with Gasteiger partial charge in [0.15, 0.2) is 0 Å². The lowest BCUT2D eigenvalue weighted by atomic mass is 10.2. The van der Waals surface area contributed by atoms with E-state index in [9.17, 15) is 4.79 Å². The molecule has 4 nitrogen and oxygen atoms in total. The Bertz CT molecular complexity index is 364. The minimum Gasteiger partial charge on any atom is -0.496 e. The molecule has 1 N–H and O–H groups in total. The van der Waals surface area contributed by atoms with Crippen molar-refractivity contribution in [3.63, 3.8) is 0 Å². The van der Waals surface area contributed by atoms with Gasteiger partial charge in [0.25, 0.3) is 0 Å². The third-order valence-corrected chi connectivity index (χ3v) is 2.10. The van der Waals surface area contributed by atoms with Gasteiger partial charge in [0.1, 0.15) is 12.4 Å². The van der Waals surface area contributed by atoms with Crippen LogP contribution in [0.25, 0.3) is 0 Å². The topological polar surface area (TPSA) is 47.6 Å². The van der Waals surface area contributed by atoms with Gasteiger partial charge < -0.3 is 14.8 Å². The van der Waals surface area contributed by atoms with E-state index in [0.717, 1.165) is 23.5 Å². The summed E-state index contributed by atoms with van der Waals surface area (Å²) in [4.78, 5) is 10.7. The van der Waals surface area contributed by atoms with E-state index in [1.807, 2.05) is 39.0 Å². The molecule has 0 heterocycles. The second-order valence-corrected chi connectivity index (χ2v) is 3.34. The number of carbonyl (C=O) groups is 1. The number of nitrogens with one attached hydrogen (secondary N) is 1. The first kappa shape index (κ1) is 16.3. The highest BCUT2D eigenvalue weighted by Crippen LogP contribution is 2.23. The molecular weight excluding hydrogens is 230 g/mol. The van der Waals surface area contributed by atoms with E-state index >= 15 is 0 Å². The van der Waals surface area contributed by atoms with Crippen LogP contribution in [0.1, 0.15) is 33.3 Å². The van der Waals surface area contributed by atoms with Gasteiger partial charge in [-0.25, -0.2) is 0 Å². The van der Waals surface area contributed by atoms with E-state index < -0.39 is 0 Å². The van der Waals surface area contributed by atoms with Gasteiger partial charge >= 0.3 is 5.97 Å². The number of ether oxygens (including phenoxy) is 2. The molecule has 1 aromatic rings. The van der Waals surface area contributed by atoms with Gasteiger partial charge in [-0.15, -0.1) is 0 Å². The Morgan fingerprint density at radius 1 is 1.33 bits per heavy atom. The highest BCUT2D eigenvalue weighted by molar-refractivity contribution is 5.66. The maximum absolute atomic E-state index is 10.7. The average Bonchev–Trinajstić information content (AvgIpc) is 2.39. The number of hydrogen-bond acceptors (Lipinski definition) is 4. The maximum atomic E-state index is 10.7. The lowest BCUT2D eigenvalue weighted by Gasteiger charge is -2.11. The van der Waals surface area contributed by atoms with E-state index in [1.54, 1.807) is 7.11 Å². The number of rotatable bonds is 5. The molecule has 0 aliphatic heterocycles. The van der Waals surface area contributed by atoms with Crippen LogP contribution in [0, 0.1) is 0 Å². The van der Waals surface area contributed by atoms with Crippen molar-refractivity contribution < 1.29 is 14.3 Å². The fraction of sp³-hybridized carbons (Fsp3) is 0.500. The van der Waals surface area contributed by atoms with Gasteiger partial charge in [0, 0.05) is 30.8 Å². The lowest BCUT2D eigenvalue weighted by Crippen LogP contribution is -2.02. The van der Waals surface area contributed by atoms with Crippen molar-refractivity contribution in [2.75, 3.05) is 19.0 Å². The van der Waals surface area contributed by atoms with E-state index in [0.29, 0.717) is 0 Å². The Morgan fingerprint density at radius 3 is 2.50 bits per heavy atom. The fourth-order valence-electron chi connectivity index (χ4n) is 1.36. The highest BCUT2D eigenvalue weighted by atomic mass is 16.5. The van der Waals surface area contributed by atoms with E-state index in [4.69, 9.17) is 9.47 Å². The molecule has 102 valence electrons. The summed E-state index contributed by atoms with van der Waals surface area (Å²) < 4.78 is 10.2. The Morgan fingerprint density at radius 2 is 2.00 bits per heavy atom. The summed E-state index contributed by atoms with van der Waals surface area (Å²) in [5.41, 5.74) is 1.85. The summed E-state index contributed by atoms with van der Waals surface area (Å²) in [5.74, 6) is 0.428.